The van der Waals surface area contributed by atoms with E-state index < -0.39 is 15.7 Å². The summed E-state index contributed by atoms with van der Waals surface area (Å²) in [5.41, 5.74) is 11.4. The number of hydrogen-bond donors (Lipinski definition) is 3. The van der Waals surface area contributed by atoms with Gasteiger partial charge < -0.3 is 21.5 Å². The Kier molecular flexibility index (Phi) is 5.13. The predicted molar refractivity (Wildman–Crippen MR) is 72.5 cm³/mol. The number of amides is 1. The standard InChI is InChI=1S/C11H17N3O4S/c1-19(16,17)9-4-2-3-8(11(9)13)14-5-6-18-7-10(12)15/h2-4,14H,5-7,13H2,1H3,(H2,12,15). The summed E-state index contributed by atoms with van der Waals surface area (Å²) in [6.45, 7) is 0.483. The summed E-state index contributed by atoms with van der Waals surface area (Å²) in [7, 11) is -3.36. The van der Waals surface area contributed by atoms with E-state index >= 15 is 0 Å². The molecule has 0 radical (unpaired) electrons. The SMILES string of the molecule is CS(=O)(=O)c1cccc(NCCOCC(N)=O)c1N. The number of ether oxygens (including phenoxy) is 1. The number of rotatable bonds is 7. The largest absolute Gasteiger partial charge is 0.396 e. The summed E-state index contributed by atoms with van der Waals surface area (Å²) in [4.78, 5) is 10.5. The molecular formula is C11H17N3O4S. The number of para-hydroxylation sites is 1. The average molecular weight is 287 g/mol. The van der Waals surface area contributed by atoms with E-state index in [4.69, 9.17) is 16.2 Å². The minimum Gasteiger partial charge on any atom is -0.396 e. The van der Waals surface area contributed by atoms with Crippen LogP contribution in [0.5, 0.6) is 0 Å². The second-order valence-corrected chi connectivity index (χ2v) is 5.92. The molecule has 0 saturated heterocycles. The summed E-state index contributed by atoms with van der Waals surface area (Å²) >= 11 is 0. The Bertz CT molecular complexity index is 557. The molecule has 0 heterocycles. The highest BCUT2D eigenvalue weighted by Crippen LogP contribution is 2.26. The third-order valence-electron chi connectivity index (χ3n) is 2.27. The number of nitrogens with two attached hydrogens (primary N) is 2. The molecule has 0 aliphatic carbocycles. The van der Waals surface area contributed by atoms with Crippen LogP contribution in [0.1, 0.15) is 0 Å². The Morgan fingerprint density at radius 1 is 1.42 bits per heavy atom. The maximum absolute atomic E-state index is 11.5. The van der Waals surface area contributed by atoms with Gasteiger partial charge in [0, 0.05) is 12.8 Å². The van der Waals surface area contributed by atoms with Crippen LogP contribution in [0.15, 0.2) is 23.1 Å². The highest BCUT2D eigenvalue weighted by molar-refractivity contribution is 7.90. The summed E-state index contributed by atoms with van der Waals surface area (Å²) < 4.78 is 27.9. The van der Waals surface area contributed by atoms with Crippen molar-refractivity contribution in [2.45, 2.75) is 4.90 Å². The van der Waals surface area contributed by atoms with E-state index in [0.717, 1.165) is 6.26 Å². The van der Waals surface area contributed by atoms with Crippen LogP contribution >= 0.6 is 0 Å². The van der Waals surface area contributed by atoms with Gasteiger partial charge in [-0.15, -0.1) is 0 Å². The molecule has 19 heavy (non-hydrogen) atoms. The number of nitrogens with one attached hydrogen (secondary N) is 1. The van der Waals surface area contributed by atoms with Crippen LogP contribution in [0.2, 0.25) is 0 Å². The van der Waals surface area contributed by atoms with Gasteiger partial charge in [0.1, 0.15) is 6.61 Å². The molecule has 0 aliphatic rings. The molecule has 0 saturated carbocycles. The van der Waals surface area contributed by atoms with Crippen molar-refractivity contribution in [1.29, 1.82) is 0 Å². The first-order chi connectivity index (χ1) is 8.82. The highest BCUT2D eigenvalue weighted by Gasteiger charge is 2.13. The van der Waals surface area contributed by atoms with Crippen LogP contribution in [-0.4, -0.2) is 40.3 Å². The zero-order valence-corrected chi connectivity index (χ0v) is 11.4. The minimum absolute atomic E-state index is 0.0792. The molecule has 1 rings (SSSR count). The molecule has 0 aliphatic heterocycles. The lowest BCUT2D eigenvalue weighted by molar-refractivity contribution is -0.122. The van der Waals surface area contributed by atoms with Gasteiger partial charge in [0.2, 0.25) is 5.91 Å². The predicted octanol–water partition coefficient (Wildman–Crippen LogP) is -0.414. The number of hydrogen-bond acceptors (Lipinski definition) is 6. The molecule has 106 valence electrons. The molecule has 1 amide bonds. The maximum atomic E-state index is 11.5. The van der Waals surface area contributed by atoms with Crippen molar-refractivity contribution in [3.8, 4) is 0 Å². The Balaban J connectivity index is 2.63. The van der Waals surface area contributed by atoms with Crippen molar-refractivity contribution in [2.24, 2.45) is 5.73 Å². The summed E-state index contributed by atoms with van der Waals surface area (Å²) in [5, 5.41) is 2.93. The van der Waals surface area contributed by atoms with Gasteiger partial charge in [-0.3, -0.25) is 4.79 Å². The quantitative estimate of drug-likeness (QED) is 0.462. The minimum atomic E-state index is -3.36. The van der Waals surface area contributed by atoms with Gasteiger partial charge in [-0.1, -0.05) is 6.07 Å². The van der Waals surface area contributed by atoms with Crippen molar-refractivity contribution in [3.63, 3.8) is 0 Å². The highest BCUT2D eigenvalue weighted by atomic mass is 32.2. The molecule has 5 N–H and O–H groups in total. The zero-order valence-electron chi connectivity index (χ0n) is 10.5. The lowest BCUT2D eigenvalue weighted by atomic mass is 10.2. The number of primary amides is 1. The van der Waals surface area contributed by atoms with E-state index in [1.807, 2.05) is 0 Å². The summed E-state index contributed by atoms with van der Waals surface area (Å²) in [6.07, 6.45) is 1.10. The molecule has 0 bridgehead atoms. The number of nitrogen functional groups attached to an aromatic ring is 1. The summed E-state index contributed by atoms with van der Waals surface area (Å²) in [5.74, 6) is -0.543. The Morgan fingerprint density at radius 3 is 2.68 bits per heavy atom. The molecule has 1 aromatic carbocycles. The lowest BCUT2D eigenvalue weighted by Gasteiger charge is -2.12. The Hall–Kier alpha value is -1.80. The van der Waals surface area contributed by atoms with E-state index in [9.17, 15) is 13.2 Å². The van der Waals surface area contributed by atoms with E-state index in [-0.39, 0.29) is 23.8 Å². The number of anilines is 2. The van der Waals surface area contributed by atoms with Gasteiger partial charge in [0.15, 0.2) is 9.84 Å². The van der Waals surface area contributed by atoms with E-state index in [1.54, 1.807) is 12.1 Å². The van der Waals surface area contributed by atoms with Gasteiger partial charge in [-0.2, -0.15) is 0 Å². The Labute approximate surface area is 111 Å². The molecule has 0 fully saturated rings. The lowest BCUT2D eigenvalue weighted by Crippen LogP contribution is -2.20. The number of carbonyl (C=O) groups excluding carboxylic acids is 1. The fraction of sp³-hybridized carbons (Fsp3) is 0.364. The van der Waals surface area contributed by atoms with E-state index in [1.165, 1.54) is 6.07 Å². The van der Waals surface area contributed by atoms with E-state index in [2.05, 4.69) is 5.32 Å². The molecule has 0 spiro atoms. The third-order valence-corrected chi connectivity index (χ3v) is 3.43. The number of carbonyl (C=O) groups is 1. The second kappa shape index (κ2) is 6.39. The first-order valence-corrected chi connectivity index (χ1v) is 7.40. The normalized spacial score (nSPS) is 11.2. The molecule has 0 unspecified atom stereocenters. The molecular weight excluding hydrogens is 270 g/mol. The van der Waals surface area contributed by atoms with Crippen molar-refractivity contribution in [2.75, 3.05) is 37.1 Å². The van der Waals surface area contributed by atoms with Crippen LogP contribution < -0.4 is 16.8 Å². The van der Waals surface area contributed by atoms with Gasteiger partial charge in [0.05, 0.1) is 22.9 Å². The zero-order chi connectivity index (χ0) is 14.5. The second-order valence-electron chi connectivity index (χ2n) is 3.94. The van der Waals surface area contributed by atoms with Crippen LogP contribution in [0.4, 0.5) is 11.4 Å². The van der Waals surface area contributed by atoms with Crippen molar-refractivity contribution in [1.82, 2.24) is 0 Å². The van der Waals surface area contributed by atoms with Crippen molar-refractivity contribution in [3.05, 3.63) is 18.2 Å². The van der Waals surface area contributed by atoms with E-state index in [0.29, 0.717) is 12.2 Å². The third kappa shape index (κ3) is 4.76. The molecule has 7 nitrogen and oxygen atoms in total. The topological polar surface area (TPSA) is 125 Å². The summed E-state index contributed by atoms with van der Waals surface area (Å²) in [6, 6.07) is 4.71. The van der Waals surface area contributed by atoms with Crippen LogP contribution in [0.25, 0.3) is 0 Å². The van der Waals surface area contributed by atoms with Gasteiger partial charge in [-0.25, -0.2) is 8.42 Å². The van der Waals surface area contributed by atoms with Gasteiger partial charge in [-0.05, 0) is 12.1 Å². The molecule has 8 heteroatoms. The monoisotopic (exact) mass is 287 g/mol. The first-order valence-electron chi connectivity index (χ1n) is 5.51. The molecule has 0 atom stereocenters. The fourth-order valence-electron chi connectivity index (χ4n) is 1.45. The fourth-order valence-corrected chi connectivity index (χ4v) is 2.29. The average Bonchev–Trinajstić information content (AvgIpc) is 2.28. The van der Waals surface area contributed by atoms with Crippen LogP contribution in [-0.2, 0) is 19.4 Å². The van der Waals surface area contributed by atoms with Crippen LogP contribution in [0, 0.1) is 0 Å². The number of sulfone groups is 1. The van der Waals surface area contributed by atoms with Crippen molar-refractivity contribution < 1.29 is 17.9 Å². The smallest absolute Gasteiger partial charge is 0.243 e. The van der Waals surface area contributed by atoms with Gasteiger partial charge >= 0.3 is 0 Å². The molecule has 0 aromatic heterocycles. The number of benzene rings is 1. The Morgan fingerprint density at radius 2 is 2.11 bits per heavy atom. The molecule has 1 aromatic rings. The van der Waals surface area contributed by atoms with Crippen molar-refractivity contribution >= 4 is 27.1 Å². The maximum Gasteiger partial charge on any atom is 0.243 e. The first kappa shape index (κ1) is 15.3. The van der Waals surface area contributed by atoms with Gasteiger partial charge in [0.25, 0.3) is 0 Å². The van der Waals surface area contributed by atoms with Crippen LogP contribution in [0.3, 0.4) is 0 Å².